The molecule has 0 spiro atoms. The molecular formula is C26H24N2O4. The zero-order chi connectivity index (χ0) is 22.3. The summed E-state index contributed by atoms with van der Waals surface area (Å²) in [5.74, 6) is 1.77. The van der Waals surface area contributed by atoms with Crippen molar-refractivity contribution in [2.45, 2.75) is 13.0 Å². The summed E-state index contributed by atoms with van der Waals surface area (Å²) >= 11 is 0. The second-order valence-electron chi connectivity index (χ2n) is 7.27. The average molecular weight is 428 g/mol. The monoisotopic (exact) mass is 428 g/mol. The van der Waals surface area contributed by atoms with Crippen molar-refractivity contribution in [3.05, 3.63) is 90.1 Å². The van der Waals surface area contributed by atoms with Crippen molar-refractivity contribution in [3.8, 4) is 33.9 Å². The highest BCUT2D eigenvalue weighted by Gasteiger charge is 2.11. The number of amides is 1. The molecule has 162 valence electrons. The lowest BCUT2D eigenvalue weighted by Gasteiger charge is -2.09. The lowest BCUT2D eigenvalue weighted by atomic mass is 10.0. The lowest BCUT2D eigenvalue weighted by molar-refractivity contribution is -0.120. The van der Waals surface area contributed by atoms with E-state index in [1.807, 2.05) is 42.5 Å². The molecule has 4 rings (SSSR count). The largest absolute Gasteiger partial charge is 0.493 e. The summed E-state index contributed by atoms with van der Waals surface area (Å²) in [6.45, 7) is 0.289. The molecule has 0 fully saturated rings. The molecule has 3 aromatic carbocycles. The third-order valence-corrected chi connectivity index (χ3v) is 5.11. The van der Waals surface area contributed by atoms with Gasteiger partial charge in [-0.3, -0.25) is 4.79 Å². The number of carbonyl (C=O) groups excluding carboxylic acids is 1. The average Bonchev–Trinajstić information content (AvgIpc) is 3.32. The summed E-state index contributed by atoms with van der Waals surface area (Å²) in [7, 11) is 3.15. The predicted molar refractivity (Wildman–Crippen MR) is 122 cm³/mol. The lowest BCUT2D eigenvalue weighted by Crippen LogP contribution is -2.24. The molecule has 0 unspecified atom stereocenters. The Kier molecular flexibility index (Phi) is 6.51. The van der Waals surface area contributed by atoms with Crippen LogP contribution in [0.1, 0.15) is 11.3 Å². The summed E-state index contributed by atoms with van der Waals surface area (Å²) in [6.07, 6.45) is 0.228. The number of aromatic nitrogens is 1. The molecule has 6 nitrogen and oxygen atoms in total. The highest BCUT2D eigenvalue weighted by molar-refractivity contribution is 5.78. The fourth-order valence-corrected chi connectivity index (χ4v) is 3.42. The first-order valence-corrected chi connectivity index (χ1v) is 10.3. The van der Waals surface area contributed by atoms with E-state index in [2.05, 4.69) is 34.7 Å². The zero-order valence-corrected chi connectivity index (χ0v) is 18.0. The van der Waals surface area contributed by atoms with Crippen LogP contribution in [0, 0.1) is 0 Å². The van der Waals surface area contributed by atoms with Crippen LogP contribution in [0.5, 0.6) is 11.5 Å². The number of benzene rings is 3. The number of methoxy groups -OCH3 is 2. The molecule has 0 aliphatic carbocycles. The Balaban J connectivity index is 1.35. The van der Waals surface area contributed by atoms with Crippen LogP contribution in [-0.2, 0) is 17.8 Å². The van der Waals surface area contributed by atoms with Gasteiger partial charge in [0, 0.05) is 11.6 Å². The van der Waals surface area contributed by atoms with Crippen molar-refractivity contribution in [2.75, 3.05) is 14.2 Å². The molecule has 0 saturated carbocycles. The Morgan fingerprint density at radius 1 is 0.844 bits per heavy atom. The highest BCUT2D eigenvalue weighted by atomic mass is 16.5. The number of ether oxygens (including phenoxy) is 2. The number of rotatable bonds is 8. The van der Waals surface area contributed by atoms with E-state index in [-0.39, 0.29) is 18.9 Å². The van der Waals surface area contributed by atoms with Gasteiger partial charge in [-0.25, -0.2) is 0 Å². The fraction of sp³-hybridized carbons (Fsp3) is 0.154. The molecular weight excluding hydrogens is 404 g/mol. The molecule has 0 aliphatic heterocycles. The van der Waals surface area contributed by atoms with Gasteiger partial charge in [0.2, 0.25) is 5.91 Å². The summed E-state index contributed by atoms with van der Waals surface area (Å²) in [5, 5.41) is 6.95. The van der Waals surface area contributed by atoms with E-state index in [0.717, 1.165) is 22.3 Å². The van der Waals surface area contributed by atoms with Gasteiger partial charge >= 0.3 is 0 Å². The van der Waals surface area contributed by atoms with Crippen molar-refractivity contribution < 1.29 is 18.8 Å². The van der Waals surface area contributed by atoms with Crippen LogP contribution in [0.2, 0.25) is 0 Å². The number of hydrogen-bond donors (Lipinski definition) is 1. The van der Waals surface area contributed by atoms with E-state index in [1.54, 1.807) is 26.4 Å². The summed E-state index contributed by atoms with van der Waals surface area (Å²) in [5.41, 5.74) is 4.72. The first-order chi connectivity index (χ1) is 15.7. The third kappa shape index (κ3) is 4.98. The molecule has 1 heterocycles. The molecule has 0 saturated heterocycles. The Labute approximate surface area is 186 Å². The molecule has 6 heteroatoms. The summed E-state index contributed by atoms with van der Waals surface area (Å²) < 4.78 is 16.0. The van der Waals surface area contributed by atoms with Crippen molar-refractivity contribution >= 4 is 5.91 Å². The molecule has 1 aromatic heterocycles. The van der Waals surface area contributed by atoms with Gasteiger partial charge in [-0.2, -0.15) is 0 Å². The summed E-state index contributed by atoms with van der Waals surface area (Å²) in [6, 6.07) is 25.6. The molecule has 1 N–H and O–H groups in total. The van der Waals surface area contributed by atoms with Gasteiger partial charge < -0.3 is 19.3 Å². The fourth-order valence-electron chi connectivity index (χ4n) is 3.42. The van der Waals surface area contributed by atoms with Gasteiger partial charge in [-0.1, -0.05) is 65.8 Å². The molecule has 0 bridgehead atoms. The molecule has 4 aromatic rings. The Bertz CT molecular complexity index is 1180. The minimum atomic E-state index is -0.117. The number of nitrogens with zero attached hydrogens (tertiary/aromatic N) is 1. The van der Waals surface area contributed by atoms with Crippen LogP contribution in [0.15, 0.2) is 83.4 Å². The Morgan fingerprint density at radius 3 is 2.25 bits per heavy atom. The Morgan fingerprint density at radius 2 is 1.53 bits per heavy atom. The minimum absolute atomic E-state index is 0.117. The number of hydrogen-bond acceptors (Lipinski definition) is 5. The van der Waals surface area contributed by atoms with Gasteiger partial charge in [0.15, 0.2) is 17.3 Å². The minimum Gasteiger partial charge on any atom is -0.493 e. The van der Waals surface area contributed by atoms with Crippen LogP contribution in [0.25, 0.3) is 22.5 Å². The SMILES string of the molecule is COc1ccc(CC(=O)NCc2cc(-c3ccc(-c4ccccc4)cc3)on2)cc1OC. The number of nitrogens with one attached hydrogen (secondary N) is 1. The van der Waals surface area contributed by atoms with E-state index in [9.17, 15) is 4.79 Å². The molecule has 0 radical (unpaired) electrons. The van der Waals surface area contributed by atoms with Crippen LogP contribution in [-0.4, -0.2) is 25.3 Å². The first-order valence-electron chi connectivity index (χ1n) is 10.3. The number of carbonyl (C=O) groups is 1. The van der Waals surface area contributed by atoms with Crippen LogP contribution in [0.4, 0.5) is 0 Å². The maximum absolute atomic E-state index is 12.3. The topological polar surface area (TPSA) is 73.6 Å². The van der Waals surface area contributed by atoms with E-state index in [0.29, 0.717) is 23.0 Å². The second kappa shape index (κ2) is 9.83. The highest BCUT2D eigenvalue weighted by Crippen LogP contribution is 2.28. The van der Waals surface area contributed by atoms with E-state index in [1.165, 1.54) is 0 Å². The van der Waals surface area contributed by atoms with Crippen molar-refractivity contribution in [1.29, 1.82) is 0 Å². The van der Waals surface area contributed by atoms with E-state index in [4.69, 9.17) is 14.0 Å². The van der Waals surface area contributed by atoms with Crippen molar-refractivity contribution in [2.24, 2.45) is 0 Å². The van der Waals surface area contributed by atoms with Gasteiger partial charge in [0.25, 0.3) is 0 Å². The third-order valence-electron chi connectivity index (χ3n) is 5.11. The molecule has 1 amide bonds. The second-order valence-corrected chi connectivity index (χ2v) is 7.27. The van der Waals surface area contributed by atoms with Crippen LogP contribution in [0.3, 0.4) is 0 Å². The quantitative estimate of drug-likeness (QED) is 0.433. The van der Waals surface area contributed by atoms with Gasteiger partial charge in [-0.05, 0) is 28.8 Å². The van der Waals surface area contributed by atoms with Gasteiger partial charge in [-0.15, -0.1) is 0 Å². The van der Waals surface area contributed by atoms with Crippen molar-refractivity contribution in [3.63, 3.8) is 0 Å². The summed E-state index contributed by atoms with van der Waals surface area (Å²) in [4.78, 5) is 12.3. The molecule has 0 aliphatic rings. The van der Waals surface area contributed by atoms with Crippen molar-refractivity contribution in [1.82, 2.24) is 10.5 Å². The Hall–Kier alpha value is -4.06. The standard InChI is InChI=1S/C26H24N2O4/c1-30-23-13-8-18(14-25(23)31-2)15-26(29)27-17-22-16-24(32-28-22)21-11-9-20(10-12-21)19-6-4-3-5-7-19/h3-14,16H,15,17H2,1-2H3,(H,27,29). The molecule has 0 atom stereocenters. The normalized spacial score (nSPS) is 10.6. The van der Waals surface area contributed by atoms with E-state index < -0.39 is 0 Å². The van der Waals surface area contributed by atoms with Crippen LogP contribution < -0.4 is 14.8 Å². The van der Waals surface area contributed by atoms with Gasteiger partial charge in [0.1, 0.15) is 5.69 Å². The van der Waals surface area contributed by atoms with Crippen LogP contribution >= 0.6 is 0 Å². The molecule has 32 heavy (non-hydrogen) atoms. The maximum Gasteiger partial charge on any atom is 0.224 e. The first kappa shape index (κ1) is 21.2. The smallest absolute Gasteiger partial charge is 0.224 e. The van der Waals surface area contributed by atoms with E-state index >= 15 is 0 Å². The zero-order valence-electron chi connectivity index (χ0n) is 18.0. The predicted octanol–water partition coefficient (Wildman–Crippen LogP) is 4.88. The maximum atomic E-state index is 12.3. The van der Waals surface area contributed by atoms with Gasteiger partial charge in [0.05, 0.1) is 27.2 Å².